The molecule has 3 aromatic rings. The van der Waals surface area contributed by atoms with E-state index in [1.807, 2.05) is 24.4 Å². The van der Waals surface area contributed by atoms with Gasteiger partial charge in [-0.2, -0.15) is 8.42 Å². The molecule has 1 heterocycles. The van der Waals surface area contributed by atoms with Crippen LogP contribution >= 0.6 is 0 Å². The van der Waals surface area contributed by atoms with Gasteiger partial charge in [-0.15, -0.1) is 0 Å². The van der Waals surface area contributed by atoms with Gasteiger partial charge in [-0.05, 0) is 81.0 Å². The lowest BCUT2D eigenvalue weighted by molar-refractivity contribution is -0.152. The number of carboxylic acids is 1. The third kappa shape index (κ3) is 6.24. The Morgan fingerprint density at radius 1 is 1.03 bits per heavy atom. The summed E-state index contributed by atoms with van der Waals surface area (Å²) in [7, 11) is -3.56. The summed E-state index contributed by atoms with van der Waals surface area (Å²) in [5.74, 6) is -0.171. The van der Waals surface area contributed by atoms with Crippen molar-refractivity contribution in [1.29, 1.82) is 0 Å². The van der Waals surface area contributed by atoms with E-state index < -0.39 is 21.7 Å². The average Bonchev–Trinajstić information content (AvgIpc) is 3.07. The van der Waals surface area contributed by atoms with Gasteiger partial charge in [0.15, 0.2) is 5.60 Å². The molecular weight excluding hydrogens is 418 g/mol. The Labute approximate surface area is 182 Å². The minimum atomic E-state index is -3.56. The van der Waals surface area contributed by atoms with E-state index in [2.05, 4.69) is 4.98 Å². The molecule has 2 aromatic carbocycles. The van der Waals surface area contributed by atoms with E-state index in [1.165, 1.54) is 13.8 Å². The molecule has 166 valence electrons. The van der Waals surface area contributed by atoms with Gasteiger partial charge in [0.05, 0.1) is 6.26 Å². The number of carbonyl (C=O) groups is 1. The van der Waals surface area contributed by atoms with Crippen molar-refractivity contribution >= 4 is 27.0 Å². The Bertz CT molecular complexity index is 1160. The minimum absolute atomic E-state index is 0.309. The Hall–Kier alpha value is -3.00. The Kier molecular flexibility index (Phi) is 6.59. The van der Waals surface area contributed by atoms with Gasteiger partial charge in [0.25, 0.3) is 0 Å². The Morgan fingerprint density at radius 3 is 2.32 bits per heavy atom. The van der Waals surface area contributed by atoms with Gasteiger partial charge >= 0.3 is 16.1 Å². The van der Waals surface area contributed by atoms with Crippen molar-refractivity contribution in [2.45, 2.75) is 45.1 Å². The molecule has 0 bridgehead atoms. The first-order valence-corrected chi connectivity index (χ1v) is 11.9. The fourth-order valence-electron chi connectivity index (χ4n) is 3.30. The fourth-order valence-corrected chi connectivity index (χ4v) is 3.75. The van der Waals surface area contributed by atoms with Crippen LogP contribution in [0.5, 0.6) is 11.5 Å². The highest BCUT2D eigenvalue weighted by molar-refractivity contribution is 7.86. The second-order valence-corrected chi connectivity index (χ2v) is 9.65. The van der Waals surface area contributed by atoms with E-state index >= 15 is 0 Å². The van der Waals surface area contributed by atoms with Crippen LogP contribution in [0.2, 0.25) is 0 Å². The van der Waals surface area contributed by atoms with Crippen LogP contribution in [0.4, 0.5) is 0 Å². The van der Waals surface area contributed by atoms with Crippen molar-refractivity contribution in [3.05, 3.63) is 59.8 Å². The number of ether oxygens (including phenoxy) is 1. The lowest BCUT2D eigenvalue weighted by atomic mass is 10.0. The van der Waals surface area contributed by atoms with E-state index in [0.717, 1.165) is 54.0 Å². The highest BCUT2D eigenvalue weighted by Crippen LogP contribution is 2.26. The van der Waals surface area contributed by atoms with Gasteiger partial charge in [-0.1, -0.05) is 12.1 Å². The molecule has 0 fully saturated rings. The molecule has 0 atom stereocenters. The minimum Gasteiger partial charge on any atom is -0.478 e. The molecule has 1 aromatic heterocycles. The number of hydrogen-bond donors (Lipinski definition) is 2. The lowest BCUT2D eigenvalue weighted by Gasteiger charge is -2.21. The molecule has 0 saturated heterocycles. The Balaban J connectivity index is 1.54. The molecule has 0 aliphatic rings. The number of carboxylic acid groups (broad SMARTS) is 1. The summed E-state index contributed by atoms with van der Waals surface area (Å²) in [6.07, 6.45) is 6.68. The van der Waals surface area contributed by atoms with E-state index in [9.17, 15) is 13.2 Å². The third-order valence-electron chi connectivity index (χ3n) is 4.96. The molecule has 0 amide bonds. The first-order chi connectivity index (χ1) is 14.5. The number of benzene rings is 2. The van der Waals surface area contributed by atoms with Crippen LogP contribution in [-0.2, 0) is 27.8 Å². The van der Waals surface area contributed by atoms with Crippen LogP contribution < -0.4 is 8.92 Å². The van der Waals surface area contributed by atoms with Crippen molar-refractivity contribution in [3.63, 3.8) is 0 Å². The molecule has 0 aliphatic carbocycles. The van der Waals surface area contributed by atoms with Gasteiger partial charge in [0.2, 0.25) is 0 Å². The summed E-state index contributed by atoms with van der Waals surface area (Å²) in [5.41, 5.74) is 1.94. The number of nitrogens with one attached hydrogen (secondary N) is 1. The number of H-pyrrole nitrogens is 1. The largest absolute Gasteiger partial charge is 0.478 e. The highest BCUT2D eigenvalue weighted by Gasteiger charge is 2.29. The van der Waals surface area contributed by atoms with Gasteiger partial charge < -0.3 is 19.0 Å². The van der Waals surface area contributed by atoms with Crippen molar-refractivity contribution in [3.8, 4) is 11.5 Å². The summed E-state index contributed by atoms with van der Waals surface area (Å²) in [6.45, 7) is 3.04. The molecule has 2 N–H and O–H groups in total. The quantitative estimate of drug-likeness (QED) is 0.356. The lowest BCUT2D eigenvalue weighted by Crippen LogP contribution is -2.37. The van der Waals surface area contributed by atoms with Crippen molar-refractivity contribution in [2.24, 2.45) is 0 Å². The van der Waals surface area contributed by atoms with Crippen LogP contribution in [0.25, 0.3) is 10.9 Å². The van der Waals surface area contributed by atoms with Crippen molar-refractivity contribution in [1.82, 2.24) is 4.98 Å². The molecular formula is C23H27NO6S. The molecule has 7 nitrogen and oxygen atoms in total. The number of unbranched alkanes of at least 4 members (excludes halogenated alkanes) is 1. The number of rotatable bonds is 10. The molecule has 8 heteroatoms. The van der Waals surface area contributed by atoms with Crippen LogP contribution in [0.3, 0.4) is 0 Å². The van der Waals surface area contributed by atoms with Gasteiger partial charge in [0, 0.05) is 17.1 Å². The maximum absolute atomic E-state index is 11.4. The molecule has 0 spiro atoms. The molecule has 3 rings (SSSR count). The predicted octanol–water partition coefficient (Wildman–Crippen LogP) is 4.31. The average molecular weight is 446 g/mol. The number of aromatic nitrogens is 1. The van der Waals surface area contributed by atoms with Gasteiger partial charge in [-0.3, -0.25) is 0 Å². The molecule has 0 saturated carbocycles. The summed E-state index contributed by atoms with van der Waals surface area (Å²) >= 11 is 0. The van der Waals surface area contributed by atoms with Crippen LogP contribution in [0.15, 0.2) is 48.7 Å². The van der Waals surface area contributed by atoms with Crippen LogP contribution in [-0.4, -0.2) is 36.3 Å². The first kappa shape index (κ1) is 22.7. The zero-order valence-corrected chi connectivity index (χ0v) is 18.7. The van der Waals surface area contributed by atoms with Crippen LogP contribution in [0, 0.1) is 0 Å². The fraction of sp³-hybridized carbons (Fsp3) is 0.348. The van der Waals surface area contributed by atoms with Crippen molar-refractivity contribution < 1.29 is 27.2 Å². The standard InChI is InChI=1S/C23H27NO6S/c1-23(2,22(25)26)29-18-10-8-16(9-11-18)6-4-5-7-17-15-24-21-13-12-19(14-20(17)21)30-31(3,27)28/h8-15,24H,4-7H2,1-3H3,(H,25,26). The topological polar surface area (TPSA) is 106 Å². The summed E-state index contributed by atoms with van der Waals surface area (Å²) in [6, 6.07) is 12.7. The molecule has 31 heavy (non-hydrogen) atoms. The SMILES string of the molecule is CC(C)(Oc1ccc(CCCCc2c[nH]c3ccc(OS(C)(=O)=O)cc23)cc1)C(=O)O. The summed E-state index contributed by atoms with van der Waals surface area (Å²) < 4.78 is 33.2. The zero-order chi connectivity index (χ0) is 22.6. The number of aryl methyl sites for hydroxylation is 2. The molecule has 0 unspecified atom stereocenters. The maximum Gasteiger partial charge on any atom is 0.347 e. The normalized spacial score (nSPS) is 12.1. The van der Waals surface area contributed by atoms with E-state index in [0.29, 0.717) is 11.5 Å². The van der Waals surface area contributed by atoms with E-state index in [4.69, 9.17) is 14.0 Å². The number of aliphatic carboxylic acids is 1. The smallest absolute Gasteiger partial charge is 0.347 e. The second-order valence-electron chi connectivity index (χ2n) is 8.08. The summed E-state index contributed by atoms with van der Waals surface area (Å²) in [4.78, 5) is 14.4. The second kappa shape index (κ2) is 9.01. The monoisotopic (exact) mass is 445 g/mol. The first-order valence-electron chi connectivity index (χ1n) is 10.0. The van der Waals surface area contributed by atoms with Gasteiger partial charge in [-0.25, -0.2) is 4.79 Å². The highest BCUT2D eigenvalue weighted by atomic mass is 32.2. The molecule has 0 aliphatic heterocycles. The van der Waals surface area contributed by atoms with E-state index in [1.54, 1.807) is 24.3 Å². The van der Waals surface area contributed by atoms with Crippen molar-refractivity contribution in [2.75, 3.05) is 6.26 Å². The summed E-state index contributed by atoms with van der Waals surface area (Å²) in [5, 5.41) is 10.1. The number of fused-ring (bicyclic) bond motifs is 1. The van der Waals surface area contributed by atoms with Gasteiger partial charge in [0.1, 0.15) is 11.5 Å². The third-order valence-corrected chi connectivity index (χ3v) is 5.45. The van der Waals surface area contributed by atoms with Crippen LogP contribution in [0.1, 0.15) is 37.8 Å². The number of aromatic amines is 1. The predicted molar refractivity (Wildman–Crippen MR) is 119 cm³/mol. The van der Waals surface area contributed by atoms with E-state index in [-0.39, 0.29) is 0 Å². The zero-order valence-electron chi connectivity index (χ0n) is 17.8. The molecule has 0 radical (unpaired) electrons. The number of hydrogen-bond acceptors (Lipinski definition) is 5. The maximum atomic E-state index is 11.4. The Morgan fingerprint density at radius 2 is 1.68 bits per heavy atom.